The van der Waals surface area contributed by atoms with Crippen molar-refractivity contribution < 1.29 is 8.78 Å². The Bertz CT molecular complexity index is 626. The van der Waals surface area contributed by atoms with Gasteiger partial charge in [0, 0.05) is 17.6 Å². The maximum absolute atomic E-state index is 13.8. The van der Waals surface area contributed by atoms with Crippen LogP contribution in [0.1, 0.15) is 37.1 Å². The summed E-state index contributed by atoms with van der Waals surface area (Å²) in [6, 6.07) is 8.52. The molecule has 0 aromatic heterocycles. The number of halogens is 4. The van der Waals surface area contributed by atoms with Gasteiger partial charge in [-0.1, -0.05) is 35.3 Å². The van der Waals surface area contributed by atoms with Crippen LogP contribution in [0.4, 0.5) is 8.78 Å². The van der Waals surface area contributed by atoms with E-state index in [0.29, 0.717) is 10.0 Å². The van der Waals surface area contributed by atoms with Gasteiger partial charge in [-0.15, -0.1) is 0 Å². The van der Waals surface area contributed by atoms with Crippen LogP contribution in [0.2, 0.25) is 10.0 Å². The fraction of sp³-hybridized carbons (Fsp3) is 0.250. The molecule has 0 fully saturated rings. The summed E-state index contributed by atoms with van der Waals surface area (Å²) in [4.78, 5) is 0. The molecule has 112 valence electrons. The molecule has 0 amide bonds. The smallest absolute Gasteiger partial charge is 0.130 e. The Balaban J connectivity index is 2.18. The van der Waals surface area contributed by atoms with Crippen molar-refractivity contribution in [2.75, 3.05) is 0 Å². The second-order valence-electron chi connectivity index (χ2n) is 4.92. The van der Waals surface area contributed by atoms with Crippen LogP contribution in [0.3, 0.4) is 0 Å². The lowest BCUT2D eigenvalue weighted by molar-refractivity contribution is 0.450. The van der Waals surface area contributed by atoms with E-state index >= 15 is 0 Å². The number of hydrogen-bond donors (Lipinski definition) is 1. The average molecular weight is 330 g/mol. The SMILES string of the molecule is CC(NC(C)c1c(F)cccc1F)c1ccc(Cl)c(Cl)c1. The Morgan fingerprint density at radius 1 is 0.905 bits per heavy atom. The van der Waals surface area contributed by atoms with Crippen molar-refractivity contribution in [2.24, 2.45) is 0 Å². The van der Waals surface area contributed by atoms with Crippen molar-refractivity contribution in [3.05, 3.63) is 69.2 Å². The highest BCUT2D eigenvalue weighted by atomic mass is 35.5. The molecule has 0 saturated carbocycles. The number of benzene rings is 2. The lowest BCUT2D eigenvalue weighted by Gasteiger charge is -2.22. The Hall–Kier alpha value is -1.16. The molecular formula is C16H15Cl2F2N. The zero-order valence-corrected chi connectivity index (χ0v) is 13.1. The highest BCUT2D eigenvalue weighted by Crippen LogP contribution is 2.28. The van der Waals surface area contributed by atoms with Gasteiger partial charge < -0.3 is 5.32 Å². The van der Waals surface area contributed by atoms with E-state index in [-0.39, 0.29) is 11.6 Å². The van der Waals surface area contributed by atoms with Gasteiger partial charge >= 0.3 is 0 Å². The molecule has 2 unspecified atom stereocenters. The molecule has 0 bridgehead atoms. The summed E-state index contributed by atoms with van der Waals surface area (Å²) in [6.45, 7) is 3.62. The van der Waals surface area contributed by atoms with Gasteiger partial charge in [0.05, 0.1) is 10.0 Å². The van der Waals surface area contributed by atoms with Gasteiger partial charge in [0.2, 0.25) is 0 Å². The van der Waals surface area contributed by atoms with Crippen molar-refractivity contribution in [1.29, 1.82) is 0 Å². The second kappa shape index (κ2) is 6.73. The van der Waals surface area contributed by atoms with Crippen molar-refractivity contribution in [3.63, 3.8) is 0 Å². The van der Waals surface area contributed by atoms with Crippen LogP contribution >= 0.6 is 23.2 Å². The first-order chi connectivity index (χ1) is 9.90. The van der Waals surface area contributed by atoms with Crippen LogP contribution in [0, 0.1) is 11.6 Å². The molecule has 21 heavy (non-hydrogen) atoms. The normalized spacial score (nSPS) is 14.0. The molecule has 5 heteroatoms. The monoisotopic (exact) mass is 329 g/mol. The van der Waals surface area contributed by atoms with Gasteiger partial charge in [0.25, 0.3) is 0 Å². The third-order valence-corrected chi connectivity index (χ3v) is 4.12. The molecule has 0 radical (unpaired) electrons. The van der Waals surface area contributed by atoms with E-state index in [1.807, 2.05) is 13.0 Å². The summed E-state index contributed by atoms with van der Waals surface area (Å²) < 4.78 is 27.5. The minimum atomic E-state index is -0.559. The van der Waals surface area contributed by atoms with Crippen molar-refractivity contribution in [2.45, 2.75) is 25.9 Å². The standard InChI is InChI=1S/C16H15Cl2F2N/c1-9(11-6-7-12(17)13(18)8-11)21-10(2)16-14(19)4-3-5-15(16)20/h3-10,21H,1-2H3. The largest absolute Gasteiger partial charge is 0.303 e. The molecule has 2 aromatic carbocycles. The summed E-state index contributed by atoms with van der Waals surface area (Å²) in [7, 11) is 0. The first kappa shape index (κ1) is 16.2. The van der Waals surface area contributed by atoms with E-state index in [9.17, 15) is 8.78 Å². The van der Waals surface area contributed by atoms with Gasteiger partial charge in [-0.3, -0.25) is 0 Å². The second-order valence-corrected chi connectivity index (χ2v) is 5.73. The van der Waals surface area contributed by atoms with E-state index in [0.717, 1.165) is 5.56 Å². The van der Waals surface area contributed by atoms with Gasteiger partial charge in [0.15, 0.2) is 0 Å². The summed E-state index contributed by atoms with van der Waals surface area (Å²) >= 11 is 11.9. The predicted octanol–water partition coefficient (Wildman–Crippen LogP) is 5.68. The summed E-state index contributed by atoms with van der Waals surface area (Å²) in [5, 5.41) is 4.08. The zero-order valence-electron chi connectivity index (χ0n) is 11.6. The van der Waals surface area contributed by atoms with Gasteiger partial charge in [0.1, 0.15) is 11.6 Å². The Labute approximate surface area is 132 Å². The Morgan fingerprint density at radius 3 is 2.10 bits per heavy atom. The molecule has 2 aromatic rings. The van der Waals surface area contributed by atoms with Crippen LogP contribution in [0.5, 0.6) is 0 Å². The average Bonchev–Trinajstić information content (AvgIpc) is 2.41. The third kappa shape index (κ3) is 3.73. The number of rotatable bonds is 4. The van der Waals surface area contributed by atoms with E-state index in [4.69, 9.17) is 23.2 Å². The molecular weight excluding hydrogens is 315 g/mol. The molecule has 0 aliphatic carbocycles. The first-order valence-corrected chi connectivity index (χ1v) is 7.30. The maximum Gasteiger partial charge on any atom is 0.130 e. The van der Waals surface area contributed by atoms with Crippen LogP contribution in [0.15, 0.2) is 36.4 Å². The molecule has 1 N–H and O–H groups in total. The summed E-state index contributed by atoms with van der Waals surface area (Å²) in [5.41, 5.74) is 0.928. The zero-order chi connectivity index (χ0) is 15.6. The summed E-state index contributed by atoms with van der Waals surface area (Å²) in [6.07, 6.45) is 0. The fourth-order valence-electron chi connectivity index (χ4n) is 2.26. The number of nitrogens with one attached hydrogen (secondary N) is 1. The fourth-order valence-corrected chi connectivity index (χ4v) is 2.57. The molecule has 0 spiro atoms. The predicted molar refractivity (Wildman–Crippen MR) is 82.8 cm³/mol. The highest BCUT2D eigenvalue weighted by molar-refractivity contribution is 6.42. The van der Waals surface area contributed by atoms with Crippen LogP contribution in [-0.4, -0.2) is 0 Å². The molecule has 0 aliphatic heterocycles. The quantitative estimate of drug-likeness (QED) is 0.760. The molecule has 2 rings (SSSR count). The first-order valence-electron chi connectivity index (χ1n) is 6.55. The van der Waals surface area contributed by atoms with Crippen molar-refractivity contribution in [1.82, 2.24) is 5.32 Å². The minimum absolute atomic E-state index is 0.0319. The van der Waals surface area contributed by atoms with E-state index in [1.54, 1.807) is 19.1 Å². The van der Waals surface area contributed by atoms with Crippen LogP contribution in [-0.2, 0) is 0 Å². The minimum Gasteiger partial charge on any atom is -0.303 e. The lowest BCUT2D eigenvalue weighted by Crippen LogP contribution is -2.24. The lowest BCUT2D eigenvalue weighted by atomic mass is 10.0. The third-order valence-electron chi connectivity index (χ3n) is 3.38. The Kier molecular flexibility index (Phi) is 5.20. The molecule has 0 aliphatic rings. The topological polar surface area (TPSA) is 12.0 Å². The molecule has 1 nitrogen and oxygen atoms in total. The van der Waals surface area contributed by atoms with Gasteiger partial charge in [-0.05, 0) is 43.7 Å². The maximum atomic E-state index is 13.8. The van der Waals surface area contributed by atoms with Crippen molar-refractivity contribution >= 4 is 23.2 Å². The Morgan fingerprint density at radius 2 is 1.52 bits per heavy atom. The highest BCUT2D eigenvalue weighted by Gasteiger charge is 2.18. The summed E-state index contributed by atoms with van der Waals surface area (Å²) in [5.74, 6) is -1.12. The molecule has 0 saturated heterocycles. The van der Waals surface area contributed by atoms with Crippen LogP contribution in [0.25, 0.3) is 0 Å². The molecule has 2 atom stereocenters. The molecule has 0 heterocycles. The van der Waals surface area contributed by atoms with Crippen molar-refractivity contribution in [3.8, 4) is 0 Å². The number of hydrogen-bond acceptors (Lipinski definition) is 1. The van der Waals surface area contributed by atoms with Gasteiger partial charge in [-0.2, -0.15) is 0 Å². The van der Waals surface area contributed by atoms with E-state index < -0.39 is 17.7 Å². The van der Waals surface area contributed by atoms with E-state index in [1.165, 1.54) is 18.2 Å². The van der Waals surface area contributed by atoms with Gasteiger partial charge in [-0.25, -0.2) is 8.78 Å². The van der Waals surface area contributed by atoms with Crippen LogP contribution < -0.4 is 5.32 Å². The van der Waals surface area contributed by atoms with E-state index in [2.05, 4.69) is 5.32 Å².